The van der Waals surface area contributed by atoms with Gasteiger partial charge in [0.05, 0.1) is 6.54 Å². The first-order chi connectivity index (χ1) is 9.45. The summed E-state index contributed by atoms with van der Waals surface area (Å²) in [7, 11) is 4.31. The van der Waals surface area contributed by atoms with E-state index in [0.29, 0.717) is 17.5 Å². The Morgan fingerprint density at radius 3 is 2.85 bits per heavy atom. The van der Waals surface area contributed by atoms with Gasteiger partial charge in [-0.1, -0.05) is 27.2 Å². The fourth-order valence-corrected chi connectivity index (χ4v) is 3.61. The van der Waals surface area contributed by atoms with E-state index in [1.807, 2.05) is 12.4 Å². The lowest BCUT2D eigenvalue weighted by atomic mass is 9.70. The van der Waals surface area contributed by atoms with Crippen molar-refractivity contribution >= 4 is 0 Å². The molecule has 114 valence electrons. The number of imidazole rings is 1. The highest BCUT2D eigenvalue weighted by Crippen LogP contribution is 2.37. The number of nitrogens with zero attached hydrogens (tertiary/aromatic N) is 3. The molecule has 1 aromatic rings. The van der Waals surface area contributed by atoms with E-state index in [0.717, 1.165) is 18.9 Å². The van der Waals surface area contributed by atoms with Crippen LogP contribution in [0.3, 0.4) is 0 Å². The fraction of sp³-hybridized carbons (Fsp3) is 0.812. The van der Waals surface area contributed by atoms with Crippen molar-refractivity contribution in [2.45, 2.75) is 58.7 Å². The van der Waals surface area contributed by atoms with Gasteiger partial charge >= 0.3 is 0 Å². The molecule has 0 aliphatic heterocycles. The van der Waals surface area contributed by atoms with Gasteiger partial charge in [0.25, 0.3) is 0 Å². The van der Waals surface area contributed by atoms with Gasteiger partial charge < -0.3 is 9.88 Å². The molecule has 0 aromatic carbocycles. The molecule has 0 bridgehead atoms. The zero-order valence-corrected chi connectivity index (χ0v) is 13.7. The van der Waals surface area contributed by atoms with Crippen LogP contribution in [0.5, 0.6) is 0 Å². The molecule has 2 rings (SSSR count). The van der Waals surface area contributed by atoms with Crippen molar-refractivity contribution in [1.29, 1.82) is 0 Å². The molecule has 4 heteroatoms. The van der Waals surface area contributed by atoms with Crippen LogP contribution in [0.2, 0.25) is 0 Å². The van der Waals surface area contributed by atoms with Crippen molar-refractivity contribution < 1.29 is 0 Å². The molecule has 20 heavy (non-hydrogen) atoms. The number of aromatic nitrogens is 2. The maximum Gasteiger partial charge on any atom is 0.122 e. The standard InChI is InChI=1S/C16H30N4/c1-6-17-15-13(8-7-9-16(15,2)3)20(5)12-14-18-10-11-19(14)4/h10-11,13,15,17H,6-9,12H2,1-5H3. The second-order valence-electron chi connectivity index (χ2n) is 6.85. The molecule has 0 saturated heterocycles. The summed E-state index contributed by atoms with van der Waals surface area (Å²) in [5.74, 6) is 1.14. The van der Waals surface area contributed by atoms with E-state index < -0.39 is 0 Å². The van der Waals surface area contributed by atoms with Gasteiger partial charge in [-0.3, -0.25) is 4.90 Å². The Kier molecular flexibility index (Phi) is 4.86. The third-order valence-electron chi connectivity index (χ3n) is 4.85. The summed E-state index contributed by atoms with van der Waals surface area (Å²) in [6.07, 6.45) is 7.83. The molecule has 0 radical (unpaired) electrons. The Bertz CT molecular complexity index is 424. The molecule has 0 amide bonds. The van der Waals surface area contributed by atoms with Gasteiger partial charge in [0, 0.05) is 31.5 Å². The lowest BCUT2D eigenvalue weighted by molar-refractivity contribution is 0.0581. The van der Waals surface area contributed by atoms with Gasteiger partial charge in [0.15, 0.2) is 0 Å². The number of nitrogens with one attached hydrogen (secondary N) is 1. The van der Waals surface area contributed by atoms with Gasteiger partial charge in [-0.05, 0) is 31.8 Å². The van der Waals surface area contributed by atoms with E-state index in [2.05, 4.69) is 54.6 Å². The molecule has 1 saturated carbocycles. The second kappa shape index (κ2) is 6.27. The first kappa shape index (κ1) is 15.5. The SMILES string of the molecule is CCNC1C(N(C)Cc2nccn2C)CCCC1(C)C. The van der Waals surface area contributed by atoms with E-state index in [1.165, 1.54) is 19.3 Å². The van der Waals surface area contributed by atoms with Crippen LogP contribution in [0.1, 0.15) is 45.9 Å². The highest BCUT2D eigenvalue weighted by molar-refractivity contribution is 4.99. The van der Waals surface area contributed by atoms with Crippen LogP contribution in [-0.2, 0) is 13.6 Å². The van der Waals surface area contributed by atoms with Crippen LogP contribution in [0.4, 0.5) is 0 Å². The molecule has 1 aliphatic carbocycles. The van der Waals surface area contributed by atoms with E-state index in [1.54, 1.807) is 0 Å². The van der Waals surface area contributed by atoms with E-state index in [9.17, 15) is 0 Å². The minimum atomic E-state index is 0.370. The number of likely N-dealkylation sites (N-methyl/N-ethyl adjacent to an activating group) is 2. The number of rotatable bonds is 5. The first-order valence-corrected chi connectivity index (χ1v) is 7.85. The van der Waals surface area contributed by atoms with Crippen LogP contribution in [0.25, 0.3) is 0 Å². The number of aryl methyl sites for hydroxylation is 1. The lowest BCUT2D eigenvalue weighted by Gasteiger charge is -2.47. The predicted molar refractivity (Wildman–Crippen MR) is 83.6 cm³/mol. The molecule has 0 spiro atoms. The van der Waals surface area contributed by atoms with Gasteiger partial charge in [-0.2, -0.15) is 0 Å². The highest BCUT2D eigenvalue weighted by atomic mass is 15.2. The Morgan fingerprint density at radius 1 is 1.50 bits per heavy atom. The van der Waals surface area contributed by atoms with Crippen LogP contribution in [0, 0.1) is 5.41 Å². The maximum atomic E-state index is 4.46. The van der Waals surface area contributed by atoms with Crippen molar-refractivity contribution in [2.75, 3.05) is 13.6 Å². The Hall–Kier alpha value is -0.870. The molecule has 1 N–H and O–H groups in total. The summed E-state index contributed by atoms with van der Waals surface area (Å²) in [4.78, 5) is 6.94. The Morgan fingerprint density at radius 2 is 2.25 bits per heavy atom. The molecule has 1 fully saturated rings. The van der Waals surface area contributed by atoms with E-state index in [4.69, 9.17) is 0 Å². The van der Waals surface area contributed by atoms with Crippen molar-refractivity contribution in [2.24, 2.45) is 12.5 Å². The van der Waals surface area contributed by atoms with Crippen molar-refractivity contribution in [3.8, 4) is 0 Å². The number of hydrogen-bond acceptors (Lipinski definition) is 3. The van der Waals surface area contributed by atoms with Gasteiger partial charge in [-0.15, -0.1) is 0 Å². The summed E-state index contributed by atoms with van der Waals surface area (Å²) in [5, 5.41) is 3.73. The summed E-state index contributed by atoms with van der Waals surface area (Å²) in [6.45, 7) is 8.98. The summed E-state index contributed by atoms with van der Waals surface area (Å²) < 4.78 is 2.12. The van der Waals surface area contributed by atoms with Crippen LogP contribution >= 0.6 is 0 Å². The molecular weight excluding hydrogens is 248 g/mol. The van der Waals surface area contributed by atoms with Crippen molar-refractivity contribution in [3.05, 3.63) is 18.2 Å². The maximum absolute atomic E-state index is 4.46. The fourth-order valence-electron chi connectivity index (χ4n) is 3.61. The third-order valence-corrected chi connectivity index (χ3v) is 4.85. The van der Waals surface area contributed by atoms with Crippen molar-refractivity contribution in [3.63, 3.8) is 0 Å². The normalized spacial score (nSPS) is 26.1. The quantitative estimate of drug-likeness (QED) is 0.898. The van der Waals surface area contributed by atoms with Crippen LogP contribution in [0.15, 0.2) is 12.4 Å². The average Bonchev–Trinajstić information content (AvgIpc) is 2.77. The summed E-state index contributed by atoms with van der Waals surface area (Å²) >= 11 is 0. The average molecular weight is 278 g/mol. The molecule has 2 atom stereocenters. The second-order valence-corrected chi connectivity index (χ2v) is 6.85. The molecule has 1 aliphatic rings. The van der Waals surface area contributed by atoms with Crippen LogP contribution < -0.4 is 5.32 Å². The van der Waals surface area contributed by atoms with Crippen molar-refractivity contribution in [1.82, 2.24) is 19.8 Å². The first-order valence-electron chi connectivity index (χ1n) is 7.85. The smallest absolute Gasteiger partial charge is 0.122 e. The van der Waals surface area contributed by atoms with E-state index in [-0.39, 0.29) is 0 Å². The minimum absolute atomic E-state index is 0.370. The molecular formula is C16H30N4. The zero-order chi connectivity index (χ0) is 14.8. The van der Waals surface area contributed by atoms with Gasteiger partial charge in [0.2, 0.25) is 0 Å². The number of hydrogen-bond donors (Lipinski definition) is 1. The summed E-state index contributed by atoms with van der Waals surface area (Å²) in [6, 6.07) is 1.15. The zero-order valence-electron chi connectivity index (χ0n) is 13.7. The minimum Gasteiger partial charge on any atom is -0.337 e. The van der Waals surface area contributed by atoms with E-state index >= 15 is 0 Å². The Labute approximate surface area is 123 Å². The molecule has 1 heterocycles. The topological polar surface area (TPSA) is 33.1 Å². The molecule has 2 unspecified atom stereocenters. The molecule has 4 nitrogen and oxygen atoms in total. The van der Waals surface area contributed by atoms with Crippen LogP contribution in [-0.4, -0.2) is 40.1 Å². The summed E-state index contributed by atoms with van der Waals surface area (Å²) in [5.41, 5.74) is 0.370. The van der Waals surface area contributed by atoms with Gasteiger partial charge in [0.1, 0.15) is 5.82 Å². The Balaban J connectivity index is 2.10. The highest BCUT2D eigenvalue weighted by Gasteiger charge is 2.40. The predicted octanol–water partition coefficient (Wildman–Crippen LogP) is 2.41. The lowest BCUT2D eigenvalue weighted by Crippen LogP contribution is -2.57. The monoisotopic (exact) mass is 278 g/mol. The third kappa shape index (κ3) is 3.23. The largest absolute Gasteiger partial charge is 0.337 e. The van der Waals surface area contributed by atoms with Gasteiger partial charge in [-0.25, -0.2) is 4.98 Å². The molecule has 1 aromatic heterocycles.